The summed E-state index contributed by atoms with van der Waals surface area (Å²) in [5, 5.41) is 16.5. The van der Waals surface area contributed by atoms with Crippen molar-refractivity contribution in [1.29, 1.82) is 5.26 Å². The van der Waals surface area contributed by atoms with Crippen molar-refractivity contribution >= 4 is 28.3 Å². The normalized spacial score (nSPS) is 11.4. The van der Waals surface area contributed by atoms with Crippen LogP contribution in [0.2, 0.25) is 0 Å². The summed E-state index contributed by atoms with van der Waals surface area (Å²) in [5.74, 6) is 0. The van der Waals surface area contributed by atoms with Crippen LogP contribution in [0, 0.1) is 11.5 Å². The zero-order chi connectivity index (χ0) is 19.3. The lowest BCUT2D eigenvalue weighted by molar-refractivity contribution is 0.948. The molecule has 0 aliphatic carbocycles. The lowest BCUT2D eigenvalue weighted by Gasteiger charge is -2.07. The maximum atomic E-state index is 8.82. The molecule has 2 aromatic carbocycles. The molecule has 7 heteroatoms. The smallest absolute Gasteiger partial charge is 0.183 e. The van der Waals surface area contributed by atoms with E-state index in [1.54, 1.807) is 6.20 Å². The van der Waals surface area contributed by atoms with Gasteiger partial charge in [0.05, 0.1) is 17.6 Å². The molecule has 0 aliphatic heterocycles. The van der Waals surface area contributed by atoms with Crippen molar-refractivity contribution in [3.8, 4) is 28.6 Å². The Bertz CT molecular complexity index is 1190. The fourth-order valence-corrected chi connectivity index (χ4v) is 3.30. The molecule has 0 bridgehead atoms. The third-order valence-corrected chi connectivity index (χ3v) is 4.79. The number of benzene rings is 2. The van der Waals surface area contributed by atoms with E-state index < -0.39 is 0 Å². The summed E-state index contributed by atoms with van der Waals surface area (Å²) in [6, 6.07) is 19.8. The summed E-state index contributed by atoms with van der Waals surface area (Å²) >= 11 is 1.38. The minimum absolute atomic E-state index is 0.546. The first kappa shape index (κ1) is 17.8. The maximum absolute atomic E-state index is 8.82. The van der Waals surface area contributed by atoms with Gasteiger partial charge in [-0.05, 0) is 30.0 Å². The summed E-state index contributed by atoms with van der Waals surface area (Å²) < 4.78 is 1.84. The lowest BCUT2D eigenvalue weighted by Crippen LogP contribution is -2.12. The Morgan fingerprint density at radius 1 is 1.11 bits per heavy atom. The monoisotopic (exact) mass is 384 g/mol. The topological polar surface area (TPSA) is 78.4 Å². The van der Waals surface area contributed by atoms with Crippen molar-refractivity contribution in [3.63, 3.8) is 0 Å². The molecule has 136 valence electrons. The Morgan fingerprint density at radius 3 is 2.71 bits per heavy atom. The number of hydrogen-bond donors (Lipinski definition) is 1. The first-order valence-corrected chi connectivity index (χ1v) is 9.79. The van der Waals surface area contributed by atoms with Gasteiger partial charge in [0.1, 0.15) is 0 Å². The van der Waals surface area contributed by atoms with Gasteiger partial charge in [0.2, 0.25) is 0 Å². The van der Waals surface area contributed by atoms with Crippen molar-refractivity contribution in [2.45, 2.75) is 0 Å². The van der Waals surface area contributed by atoms with E-state index in [-0.39, 0.29) is 0 Å². The fourth-order valence-electron chi connectivity index (χ4n) is 2.96. The van der Waals surface area contributed by atoms with Crippen molar-refractivity contribution in [1.82, 2.24) is 19.9 Å². The van der Waals surface area contributed by atoms with Gasteiger partial charge in [-0.2, -0.15) is 10.4 Å². The molecular formula is C21H16N6S. The van der Waals surface area contributed by atoms with Crippen LogP contribution in [0.25, 0.3) is 28.0 Å². The summed E-state index contributed by atoms with van der Waals surface area (Å²) in [6.45, 7) is 0. The molecule has 0 radical (unpaired) electrons. The third kappa shape index (κ3) is 3.46. The van der Waals surface area contributed by atoms with Crippen LogP contribution in [0.3, 0.4) is 0 Å². The average Bonchev–Trinajstić information content (AvgIpc) is 3.18. The number of nitrogens with zero attached hydrogens (tertiary/aromatic N) is 5. The first-order chi connectivity index (χ1) is 13.8. The van der Waals surface area contributed by atoms with Crippen molar-refractivity contribution in [2.75, 3.05) is 6.26 Å². The molecule has 1 N–H and O–H groups in total. The second-order valence-electron chi connectivity index (χ2n) is 5.90. The van der Waals surface area contributed by atoms with E-state index in [2.05, 4.69) is 20.4 Å². The Kier molecular flexibility index (Phi) is 5.04. The van der Waals surface area contributed by atoms with E-state index in [0.717, 1.165) is 33.7 Å². The minimum Gasteiger partial charge on any atom is -0.271 e. The van der Waals surface area contributed by atoms with E-state index in [9.17, 15) is 0 Å². The van der Waals surface area contributed by atoms with Gasteiger partial charge in [-0.3, -0.25) is 5.32 Å². The largest absolute Gasteiger partial charge is 0.271 e. The van der Waals surface area contributed by atoms with Crippen LogP contribution in [0.1, 0.15) is 0 Å². The van der Waals surface area contributed by atoms with Gasteiger partial charge in [-0.1, -0.05) is 54.2 Å². The van der Waals surface area contributed by atoms with Crippen molar-refractivity contribution in [2.24, 2.45) is 4.99 Å². The quantitative estimate of drug-likeness (QED) is 0.244. The molecule has 0 saturated heterocycles. The van der Waals surface area contributed by atoms with E-state index in [4.69, 9.17) is 5.26 Å². The molecule has 0 spiro atoms. The molecule has 4 aromatic rings. The van der Waals surface area contributed by atoms with Crippen LogP contribution in [-0.4, -0.2) is 26.0 Å². The van der Waals surface area contributed by atoms with Crippen LogP contribution in [0.5, 0.6) is 0 Å². The van der Waals surface area contributed by atoms with Gasteiger partial charge >= 0.3 is 0 Å². The number of rotatable bonds is 3. The van der Waals surface area contributed by atoms with Gasteiger partial charge in [0.15, 0.2) is 17.0 Å². The van der Waals surface area contributed by atoms with Crippen molar-refractivity contribution in [3.05, 3.63) is 73.1 Å². The van der Waals surface area contributed by atoms with Gasteiger partial charge in [-0.15, -0.1) is 0 Å². The van der Waals surface area contributed by atoms with Gasteiger partial charge in [0, 0.05) is 17.3 Å². The Balaban J connectivity index is 1.80. The summed E-state index contributed by atoms with van der Waals surface area (Å²) in [5.41, 5.74) is 5.50. The first-order valence-electron chi connectivity index (χ1n) is 8.56. The molecule has 0 unspecified atom stereocenters. The van der Waals surface area contributed by atoms with Gasteiger partial charge < -0.3 is 0 Å². The predicted octanol–water partition coefficient (Wildman–Crippen LogP) is 4.48. The zero-order valence-electron chi connectivity index (χ0n) is 15.1. The highest BCUT2D eigenvalue weighted by Gasteiger charge is 2.12. The Morgan fingerprint density at radius 2 is 1.93 bits per heavy atom. The summed E-state index contributed by atoms with van der Waals surface area (Å²) in [4.78, 5) is 9.02. The van der Waals surface area contributed by atoms with Crippen LogP contribution in [0.4, 0.5) is 5.69 Å². The standard InChI is InChI=1S/C21H16N6S/c1-28-21(24-14-22)26-17-9-5-8-16(12-17)19-10-11-23-20-18(13-25-27(19)20)15-6-3-2-4-7-15/h2-13H,1H3,(H,24,26). The third-order valence-electron chi connectivity index (χ3n) is 4.21. The highest BCUT2D eigenvalue weighted by molar-refractivity contribution is 8.13. The van der Waals surface area contributed by atoms with E-state index >= 15 is 0 Å². The molecule has 28 heavy (non-hydrogen) atoms. The average molecular weight is 384 g/mol. The molecule has 2 heterocycles. The van der Waals surface area contributed by atoms with Gasteiger partial charge in [0.25, 0.3) is 0 Å². The summed E-state index contributed by atoms with van der Waals surface area (Å²) in [7, 11) is 0. The second kappa shape index (κ2) is 7.94. The molecular weight excluding hydrogens is 368 g/mol. The van der Waals surface area contributed by atoms with Crippen LogP contribution < -0.4 is 5.32 Å². The van der Waals surface area contributed by atoms with Crippen molar-refractivity contribution < 1.29 is 0 Å². The summed E-state index contributed by atoms with van der Waals surface area (Å²) in [6.07, 6.45) is 7.40. The van der Waals surface area contributed by atoms with E-state index in [1.165, 1.54) is 11.8 Å². The number of aliphatic imine (C=N–C) groups is 1. The number of nitriles is 1. The number of aromatic nitrogens is 3. The molecule has 2 aromatic heterocycles. The molecule has 0 amide bonds. The van der Waals surface area contributed by atoms with Gasteiger partial charge in [-0.25, -0.2) is 14.5 Å². The lowest BCUT2D eigenvalue weighted by atomic mass is 10.1. The predicted molar refractivity (Wildman–Crippen MR) is 113 cm³/mol. The molecule has 0 fully saturated rings. The number of hydrogen-bond acceptors (Lipinski definition) is 5. The molecule has 0 atom stereocenters. The maximum Gasteiger partial charge on any atom is 0.183 e. The zero-order valence-corrected chi connectivity index (χ0v) is 15.9. The van der Waals surface area contributed by atoms with E-state index in [1.807, 2.05) is 83.8 Å². The molecule has 0 saturated carbocycles. The fraction of sp³-hybridized carbons (Fsp3) is 0.0476. The van der Waals surface area contributed by atoms with E-state index in [0.29, 0.717) is 5.17 Å². The number of amidine groups is 1. The number of fused-ring (bicyclic) bond motifs is 1. The second-order valence-corrected chi connectivity index (χ2v) is 6.69. The minimum atomic E-state index is 0.546. The molecule has 4 rings (SSSR count). The highest BCUT2D eigenvalue weighted by Crippen LogP contribution is 2.28. The Hall–Kier alpha value is -3.63. The Labute approximate surface area is 166 Å². The number of nitrogens with one attached hydrogen (secondary N) is 1. The van der Waals surface area contributed by atoms with Crippen LogP contribution in [-0.2, 0) is 0 Å². The van der Waals surface area contributed by atoms with Crippen LogP contribution >= 0.6 is 11.8 Å². The van der Waals surface area contributed by atoms with Crippen LogP contribution in [0.15, 0.2) is 78.0 Å². The molecule has 6 nitrogen and oxygen atoms in total. The number of thioether (sulfide) groups is 1. The SMILES string of the molecule is CSC(=Nc1cccc(-c2ccnc3c(-c4ccccc4)cnn23)c1)NC#N. The molecule has 0 aliphatic rings. The highest BCUT2D eigenvalue weighted by atomic mass is 32.2.